The zero-order valence-electron chi connectivity index (χ0n) is 14.7. The van der Waals surface area contributed by atoms with Crippen LogP contribution in [-0.2, 0) is 4.79 Å². The highest BCUT2D eigenvalue weighted by Crippen LogP contribution is 2.34. The minimum atomic E-state index is -0.100. The Morgan fingerprint density at radius 1 is 1.16 bits per heavy atom. The minimum absolute atomic E-state index is 0.100. The van der Waals surface area contributed by atoms with Crippen LogP contribution in [0.15, 0.2) is 36.0 Å². The summed E-state index contributed by atoms with van der Waals surface area (Å²) < 4.78 is 10.9. The lowest BCUT2D eigenvalue weighted by Gasteiger charge is -2.14. The van der Waals surface area contributed by atoms with Crippen molar-refractivity contribution in [3.8, 4) is 11.5 Å². The van der Waals surface area contributed by atoms with E-state index in [1.807, 2.05) is 43.3 Å². The quantitative estimate of drug-likeness (QED) is 0.621. The van der Waals surface area contributed by atoms with Gasteiger partial charge >= 0.3 is 0 Å². The van der Waals surface area contributed by atoms with Crippen LogP contribution in [0.2, 0.25) is 0 Å². The van der Waals surface area contributed by atoms with E-state index in [9.17, 15) is 4.79 Å². The van der Waals surface area contributed by atoms with Crippen LogP contribution in [0.1, 0.15) is 12.5 Å². The van der Waals surface area contributed by atoms with Crippen molar-refractivity contribution in [2.75, 3.05) is 27.8 Å². The molecule has 6 heteroatoms. The molecule has 1 fully saturated rings. The average Bonchev–Trinajstić information content (AvgIpc) is 2.84. The first kappa shape index (κ1) is 17.2. The molecule has 1 saturated heterocycles. The molecule has 3 rings (SSSR count). The minimum Gasteiger partial charge on any atom is -0.497 e. The highest BCUT2D eigenvalue weighted by Gasteiger charge is 2.34. The van der Waals surface area contributed by atoms with Crippen LogP contribution in [-0.4, -0.2) is 48.6 Å². The number of fused-ring (bicyclic) bond motifs is 1. The molecule has 1 amide bonds. The summed E-state index contributed by atoms with van der Waals surface area (Å²) in [5.74, 6) is 1.34. The number of methoxy groups -OCH3 is 2. The molecule has 1 aliphatic rings. The molecule has 0 aliphatic carbocycles. The van der Waals surface area contributed by atoms with Gasteiger partial charge in [-0.1, -0.05) is 12.1 Å². The summed E-state index contributed by atoms with van der Waals surface area (Å²) in [5.41, 5.74) is 1.36. The van der Waals surface area contributed by atoms with Gasteiger partial charge in [0.2, 0.25) is 0 Å². The van der Waals surface area contributed by atoms with Crippen LogP contribution < -0.4 is 9.47 Å². The van der Waals surface area contributed by atoms with Gasteiger partial charge in [0.15, 0.2) is 5.11 Å². The summed E-state index contributed by atoms with van der Waals surface area (Å²) in [4.78, 5) is 16.0. The largest absolute Gasteiger partial charge is 0.497 e. The maximum Gasteiger partial charge on any atom is 0.276 e. The molecule has 0 N–H and O–H groups in total. The lowest BCUT2D eigenvalue weighted by molar-refractivity contribution is -0.122. The highest BCUT2D eigenvalue weighted by atomic mass is 32.1. The van der Waals surface area contributed by atoms with Gasteiger partial charge in [-0.05, 0) is 54.2 Å². The van der Waals surface area contributed by atoms with Gasteiger partial charge in [-0.15, -0.1) is 0 Å². The summed E-state index contributed by atoms with van der Waals surface area (Å²) in [5, 5.41) is 2.50. The highest BCUT2D eigenvalue weighted by molar-refractivity contribution is 7.80. The number of hydrogen-bond donors (Lipinski definition) is 0. The topological polar surface area (TPSA) is 42.0 Å². The number of ether oxygens (including phenoxy) is 2. The number of amides is 1. The molecule has 25 heavy (non-hydrogen) atoms. The lowest BCUT2D eigenvalue weighted by atomic mass is 10.0. The van der Waals surface area contributed by atoms with Crippen LogP contribution in [0, 0.1) is 0 Å². The van der Waals surface area contributed by atoms with Crippen LogP contribution in [0.25, 0.3) is 16.8 Å². The van der Waals surface area contributed by atoms with Gasteiger partial charge in [0.05, 0.1) is 14.2 Å². The number of thiocarbonyl (C=S) groups is 1. The Kier molecular flexibility index (Phi) is 4.63. The van der Waals surface area contributed by atoms with Crippen molar-refractivity contribution in [1.29, 1.82) is 0 Å². The third-order valence-corrected chi connectivity index (χ3v) is 4.89. The molecule has 0 atom stereocenters. The van der Waals surface area contributed by atoms with Crippen LogP contribution >= 0.6 is 12.2 Å². The Morgan fingerprint density at radius 2 is 1.88 bits per heavy atom. The van der Waals surface area contributed by atoms with Crippen LogP contribution in [0.4, 0.5) is 0 Å². The zero-order valence-corrected chi connectivity index (χ0v) is 15.5. The molecule has 2 aromatic carbocycles. The number of likely N-dealkylation sites (N-methyl/N-ethyl adjacent to an activating group) is 2. The molecular formula is C19H20N2O3S. The van der Waals surface area contributed by atoms with Crippen LogP contribution in [0.5, 0.6) is 11.5 Å². The van der Waals surface area contributed by atoms with Gasteiger partial charge in [-0.2, -0.15) is 0 Å². The molecule has 0 aromatic heterocycles. The number of hydrogen-bond acceptors (Lipinski definition) is 4. The number of carbonyl (C=O) groups is 1. The Morgan fingerprint density at radius 3 is 2.48 bits per heavy atom. The molecule has 0 spiro atoms. The maximum atomic E-state index is 12.7. The summed E-state index contributed by atoms with van der Waals surface area (Å²) in [6, 6.07) is 9.72. The molecule has 5 nitrogen and oxygen atoms in total. The number of carbonyl (C=O) groups excluding carboxylic acids is 1. The molecule has 1 heterocycles. The van der Waals surface area contributed by atoms with E-state index in [4.69, 9.17) is 21.7 Å². The van der Waals surface area contributed by atoms with Gasteiger partial charge < -0.3 is 14.4 Å². The van der Waals surface area contributed by atoms with Gasteiger partial charge in [-0.3, -0.25) is 9.69 Å². The van der Waals surface area contributed by atoms with Crippen molar-refractivity contribution in [2.45, 2.75) is 6.92 Å². The van der Waals surface area contributed by atoms with Crippen molar-refractivity contribution < 1.29 is 14.3 Å². The van der Waals surface area contributed by atoms with E-state index >= 15 is 0 Å². The second kappa shape index (κ2) is 6.72. The van der Waals surface area contributed by atoms with Crippen molar-refractivity contribution >= 4 is 40.1 Å². The first-order valence-electron chi connectivity index (χ1n) is 7.97. The number of rotatable bonds is 4. The molecule has 0 radical (unpaired) electrons. The first-order valence-corrected chi connectivity index (χ1v) is 8.38. The maximum absolute atomic E-state index is 12.7. The SMILES string of the molecule is CCN1C(=O)/C(=C/c2c(OC)ccc3ccc(OC)cc23)N(C)C1=S. The molecule has 0 saturated carbocycles. The van der Waals surface area contributed by atoms with E-state index in [0.717, 1.165) is 22.1 Å². The molecule has 1 aliphatic heterocycles. The molecule has 0 unspecified atom stereocenters. The summed E-state index contributed by atoms with van der Waals surface area (Å²) >= 11 is 5.37. The predicted molar refractivity (Wildman–Crippen MR) is 103 cm³/mol. The molecule has 2 aromatic rings. The van der Waals surface area contributed by atoms with Crippen molar-refractivity contribution in [2.24, 2.45) is 0 Å². The monoisotopic (exact) mass is 356 g/mol. The molecule has 130 valence electrons. The standard InChI is InChI=1S/C19H20N2O3S/c1-5-21-18(22)16(20(2)19(21)25)11-15-14-10-13(23-3)8-6-12(14)7-9-17(15)24-4/h6-11H,5H2,1-4H3/b16-11-. The molecule has 0 bridgehead atoms. The van der Waals surface area contributed by atoms with Gasteiger partial charge in [0, 0.05) is 19.2 Å². The Balaban J connectivity index is 2.23. The van der Waals surface area contributed by atoms with E-state index in [0.29, 0.717) is 23.1 Å². The third-order valence-electron chi connectivity index (χ3n) is 4.39. The first-order chi connectivity index (χ1) is 12.0. The van der Waals surface area contributed by atoms with Gasteiger partial charge in [-0.25, -0.2) is 0 Å². The molecular weight excluding hydrogens is 336 g/mol. The Labute approximate surface area is 152 Å². The van der Waals surface area contributed by atoms with Gasteiger partial charge in [0.1, 0.15) is 17.2 Å². The second-order valence-corrected chi connectivity index (χ2v) is 6.05. The fourth-order valence-electron chi connectivity index (χ4n) is 2.98. The van der Waals surface area contributed by atoms with Crippen molar-refractivity contribution in [3.63, 3.8) is 0 Å². The summed E-state index contributed by atoms with van der Waals surface area (Å²) in [6.45, 7) is 2.45. The normalized spacial score (nSPS) is 16.2. The van der Waals surface area contributed by atoms with Crippen LogP contribution in [0.3, 0.4) is 0 Å². The second-order valence-electron chi connectivity index (χ2n) is 5.69. The van der Waals surface area contributed by atoms with Crippen molar-refractivity contribution in [1.82, 2.24) is 9.80 Å². The van der Waals surface area contributed by atoms with E-state index in [-0.39, 0.29) is 5.91 Å². The lowest BCUT2D eigenvalue weighted by Crippen LogP contribution is -2.30. The average molecular weight is 356 g/mol. The summed E-state index contributed by atoms with van der Waals surface area (Å²) in [6.07, 6.45) is 1.84. The van der Waals surface area contributed by atoms with Gasteiger partial charge in [0.25, 0.3) is 5.91 Å². The third kappa shape index (κ3) is 2.82. The zero-order chi connectivity index (χ0) is 18.1. The fourth-order valence-corrected chi connectivity index (χ4v) is 3.29. The van der Waals surface area contributed by atoms with E-state index in [1.54, 1.807) is 31.1 Å². The van der Waals surface area contributed by atoms with Crippen molar-refractivity contribution in [3.05, 3.63) is 41.6 Å². The predicted octanol–water partition coefficient (Wildman–Crippen LogP) is 3.28. The number of benzene rings is 2. The number of nitrogens with zero attached hydrogens (tertiary/aromatic N) is 2. The van der Waals surface area contributed by atoms with E-state index < -0.39 is 0 Å². The fraction of sp³-hybridized carbons (Fsp3) is 0.263. The Hall–Kier alpha value is -2.60. The summed E-state index contributed by atoms with van der Waals surface area (Å²) in [7, 11) is 5.05. The van der Waals surface area contributed by atoms with E-state index in [1.165, 1.54) is 0 Å². The Bertz CT molecular complexity index is 886. The van der Waals surface area contributed by atoms with E-state index in [2.05, 4.69) is 0 Å². The smallest absolute Gasteiger partial charge is 0.276 e.